The Kier molecular flexibility index (Phi) is 2.94. The van der Waals surface area contributed by atoms with Crippen LogP contribution in [0.3, 0.4) is 0 Å². The number of carboxylic acid groups (broad SMARTS) is 1. The summed E-state index contributed by atoms with van der Waals surface area (Å²) in [6.45, 7) is 0.445. The highest BCUT2D eigenvalue weighted by atomic mass is 16.4. The van der Waals surface area contributed by atoms with Gasteiger partial charge in [0.15, 0.2) is 0 Å². The Morgan fingerprint density at radius 2 is 2.35 bits per heavy atom. The number of hydrogen-bond acceptors (Lipinski definition) is 4. The standard InChI is InChI=1S/C9H13N5O3/c1-13-8(10-5-11-13)12-9(17)14-4-2-3-6(14)7(15)16/h5-6H,2-4H2,1H3,(H,15,16)(H,10,11,12,17)/t6-/m0/s1. The summed E-state index contributed by atoms with van der Waals surface area (Å²) in [4.78, 5) is 27.9. The number of nitrogens with one attached hydrogen (secondary N) is 1. The first-order valence-corrected chi connectivity index (χ1v) is 5.24. The summed E-state index contributed by atoms with van der Waals surface area (Å²) in [6, 6.07) is -1.20. The van der Waals surface area contributed by atoms with Gasteiger partial charge in [-0.2, -0.15) is 10.1 Å². The van der Waals surface area contributed by atoms with E-state index in [-0.39, 0.29) is 0 Å². The van der Waals surface area contributed by atoms with Crippen LogP contribution in [0.5, 0.6) is 0 Å². The number of urea groups is 1. The number of likely N-dealkylation sites (tertiary alicyclic amines) is 1. The lowest BCUT2D eigenvalue weighted by molar-refractivity contribution is -0.141. The van der Waals surface area contributed by atoms with Crippen LogP contribution in [0, 0.1) is 0 Å². The maximum absolute atomic E-state index is 11.9. The van der Waals surface area contributed by atoms with E-state index in [1.807, 2.05) is 0 Å². The number of carbonyl (C=O) groups is 2. The second-order valence-electron chi connectivity index (χ2n) is 3.83. The van der Waals surface area contributed by atoms with E-state index in [1.54, 1.807) is 7.05 Å². The van der Waals surface area contributed by atoms with Crippen LogP contribution in [0.4, 0.5) is 10.7 Å². The van der Waals surface area contributed by atoms with Crippen molar-refractivity contribution in [3.05, 3.63) is 6.33 Å². The Morgan fingerprint density at radius 3 is 2.94 bits per heavy atom. The third kappa shape index (κ3) is 2.19. The number of hydrogen-bond donors (Lipinski definition) is 2. The first-order chi connectivity index (χ1) is 8.09. The van der Waals surface area contributed by atoms with Crippen LogP contribution in [0.2, 0.25) is 0 Å². The molecule has 8 nitrogen and oxygen atoms in total. The van der Waals surface area contributed by atoms with Gasteiger partial charge in [-0.15, -0.1) is 0 Å². The van der Waals surface area contributed by atoms with Crippen molar-refractivity contribution in [2.75, 3.05) is 11.9 Å². The highest BCUT2D eigenvalue weighted by Crippen LogP contribution is 2.18. The van der Waals surface area contributed by atoms with Crippen molar-refractivity contribution >= 4 is 17.9 Å². The Bertz CT molecular complexity index is 444. The van der Waals surface area contributed by atoms with Crippen molar-refractivity contribution in [2.45, 2.75) is 18.9 Å². The van der Waals surface area contributed by atoms with E-state index in [4.69, 9.17) is 5.11 Å². The molecule has 2 amide bonds. The van der Waals surface area contributed by atoms with Crippen LogP contribution in [0.25, 0.3) is 0 Å². The number of carboxylic acids is 1. The molecule has 8 heteroatoms. The molecule has 0 spiro atoms. The molecule has 1 aliphatic rings. The highest BCUT2D eigenvalue weighted by Gasteiger charge is 2.34. The molecule has 0 aromatic carbocycles. The quantitative estimate of drug-likeness (QED) is 0.750. The van der Waals surface area contributed by atoms with Crippen molar-refractivity contribution in [3.8, 4) is 0 Å². The summed E-state index contributed by atoms with van der Waals surface area (Å²) in [5.74, 6) is -0.679. The maximum atomic E-state index is 11.9. The van der Waals surface area contributed by atoms with Crippen molar-refractivity contribution in [1.29, 1.82) is 0 Å². The average molecular weight is 239 g/mol. The zero-order valence-electron chi connectivity index (χ0n) is 9.33. The predicted molar refractivity (Wildman–Crippen MR) is 57.4 cm³/mol. The topological polar surface area (TPSA) is 100 Å². The number of rotatable bonds is 2. The number of nitrogens with zero attached hydrogens (tertiary/aromatic N) is 4. The van der Waals surface area contributed by atoms with Gasteiger partial charge in [0, 0.05) is 13.6 Å². The molecule has 1 saturated heterocycles. The summed E-state index contributed by atoms with van der Waals surface area (Å²) in [6.07, 6.45) is 2.50. The minimum absolute atomic E-state index is 0.297. The molecular weight excluding hydrogens is 226 g/mol. The van der Waals surface area contributed by atoms with Gasteiger partial charge in [0.25, 0.3) is 0 Å². The van der Waals surface area contributed by atoms with Crippen LogP contribution in [-0.4, -0.2) is 49.4 Å². The van der Waals surface area contributed by atoms with Crippen LogP contribution in [-0.2, 0) is 11.8 Å². The fourth-order valence-corrected chi connectivity index (χ4v) is 1.84. The van der Waals surface area contributed by atoms with E-state index < -0.39 is 18.0 Å². The van der Waals surface area contributed by atoms with E-state index in [0.717, 1.165) is 0 Å². The molecule has 0 aliphatic carbocycles. The number of carbonyl (C=O) groups excluding carboxylic acids is 1. The van der Waals surface area contributed by atoms with E-state index in [0.29, 0.717) is 25.3 Å². The SMILES string of the molecule is Cn1ncnc1NC(=O)N1CCC[C@H]1C(=O)O. The van der Waals surface area contributed by atoms with E-state index in [9.17, 15) is 9.59 Å². The minimum Gasteiger partial charge on any atom is -0.480 e. The van der Waals surface area contributed by atoms with Gasteiger partial charge in [-0.3, -0.25) is 5.32 Å². The third-order valence-electron chi connectivity index (χ3n) is 2.73. The van der Waals surface area contributed by atoms with E-state index in [2.05, 4.69) is 15.4 Å². The lowest BCUT2D eigenvalue weighted by Crippen LogP contribution is -2.43. The van der Waals surface area contributed by atoms with Crippen molar-refractivity contribution in [3.63, 3.8) is 0 Å². The summed E-state index contributed by atoms with van der Waals surface area (Å²) < 4.78 is 1.41. The Hall–Kier alpha value is -2.12. The van der Waals surface area contributed by atoms with Gasteiger partial charge in [0.1, 0.15) is 12.4 Å². The van der Waals surface area contributed by atoms with Crippen molar-refractivity contribution in [2.24, 2.45) is 7.05 Å². The van der Waals surface area contributed by atoms with Crippen molar-refractivity contribution < 1.29 is 14.7 Å². The monoisotopic (exact) mass is 239 g/mol. The number of amides is 2. The normalized spacial score (nSPS) is 19.4. The lowest BCUT2D eigenvalue weighted by Gasteiger charge is -2.21. The first-order valence-electron chi connectivity index (χ1n) is 5.24. The molecule has 1 aromatic heterocycles. The highest BCUT2D eigenvalue weighted by molar-refractivity contribution is 5.91. The summed E-state index contributed by atoms with van der Waals surface area (Å²) in [5, 5.41) is 15.3. The third-order valence-corrected chi connectivity index (χ3v) is 2.73. The molecule has 2 rings (SSSR count). The molecule has 17 heavy (non-hydrogen) atoms. The van der Waals surface area contributed by atoms with Gasteiger partial charge in [0.2, 0.25) is 5.95 Å². The van der Waals surface area contributed by atoms with Crippen LogP contribution >= 0.6 is 0 Å². The summed E-state index contributed by atoms with van der Waals surface area (Å²) in [7, 11) is 1.64. The average Bonchev–Trinajstić information content (AvgIpc) is 2.87. The Labute approximate surface area is 97.2 Å². The molecule has 0 bridgehead atoms. The summed E-state index contributed by atoms with van der Waals surface area (Å²) in [5.41, 5.74) is 0. The van der Waals surface area contributed by atoms with Crippen LogP contribution in [0.15, 0.2) is 6.33 Å². The fraction of sp³-hybridized carbons (Fsp3) is 0.556. The number of anilines is 1. The molecule has 1 atom stereocenters. The van der Waals surface area contributed by atoms with Gasteiger partial charge in [-0.1, -0.05) is 0 Å². The second-order valence-corrected chi connectivity index (χ2v) is 3.83. The molecule has 2 N–H and O–H groups in total. The fourth-order valence-electron chi connectivity index (χ4n) is 1.84. The smallest absolute Gasteiger partial charge is 0.326 e. The lowest BCUT2D eigenvalue weighted by atomic mass is 10.2. The zero-order valence-corrected chi connectivity index (χ0v) is 9.33. The summed E-state index contributed by atoms with van der Waals surface area (Å²) >= 11 is 0. The largest absolute Gasteiger partial charge is 0.480 e. The zero-order chi connectivity index (χ0) is 12.4. The molecular formula is C9H13N5O3. The number of aromatic nitrogens is 3. The second kappa shape index (κ2) is 4.40. The van der Waals surface area contributed by atoms with Crippen LogP contribution < -0.4 is 5.32 Å². The van der Waals surface area contributed by atoms with Gasteiger partial charge in [-0.05, 0) is 12.8 Å². The van der Waals surface area contributed by atoms with Gasteiger partial charge in [0.05, 0.1) is 0 Å². The van der Waals surface area contributed by atoms with E-state index >= 15 is 0 Å². The van der Waals surface area contributed by atoms with E-state index in [1.165, 1.54) is 15.9 Å². The Balaban J connectivity index is 2.05. The molecule has 1 fully saturated rings. The molecule has 2 heterocycles. The van der Waals surface area contributed by atoms with Gasteiger partial charge in [-0.25, -0.2) is 14.3 Å². The van der Waals surface area contributed by atoms with Crippen molar-refractivity contribution in [1.82, 2.24) is 19.7 Å². The molecule has 92 valence electrons. The minimum atomic E-state index is -0.976. The molecule has 0 saturated carbocycles. The molecule has 0 unspecified atom stereocenters. The van der Waals surface area contributed by atoms with Gasteiger partial charge >= 0.3 is 12.0 Å². The maximum Gasteiger partial charge on any atom is 0.326 e. The first kappa shape index (κ1) is 11.4. The predicted octanol–water partition coefficient (Wildman–Crippen LogP) is -0.104. The molecule has 0 radical (unpaired) electrons. The van der Waals surface area contributed by atoms with Crippen LogP contribution in [0.1, 0.15) is 12.8 Å². The molecule has 1 aromatic rings. The number of aliphatic carboxylic acids is 1. The number of aryl methyl sites for hydroxylation is 1. The Morgan fingerprint density at radius 1 is 1.59 bits per heavy atom. The van der Waals surface area contributed by atoms with Gasteiger partial charge < -0.3 is 10.0 Å². The molecule has 1 aliphatic heterocycles.